The quantitative estimate of drug-likeness (QED) is 0.385. The van der Waals surface area contributed by atoms with Gasteiger partial charge >= 0.3 is 10.1 Å². The van der Waals surface area contributed by atoms with Gasteiger partial charge in [-0.05, 0) is 56.4 Å². The van der Waals surface area contributed by atoms with Crippen molar-refractivity contribution in [3.63, 3.8) is 0 Å². The van der Waals surface area contributed by atoms with Gasteiger partial charge in [-0.3, -0.25) is 9.59 Å². The van der Waals surface area contributed by atoms with E-state index in [9.17, 15) is 18.0 Å². The molecule has 0 radical (unpaired) electrons. The van der Waals surface area contributed by atoms with Crippen molar-refractivity contribution < 1.29 is 22.2 Å². The molecule has 0 bridgehead atoms. The second-order valence-electron chi connectivity index (χ2n) is 11.1. The van der Waals surface area contributed by atoms with E-state index >= 15 is 0 Å². The van der Waals surface area contributed by atoms with E-state index in [-0.39, 0.29) is 41.2 Å². The summed E-state index contributed by atoms with van der Waals surface area (Å²) in [5.41, 5.74) is 2.29. The number of carbonyl (C=O) groups excluding carboxylic acids is 2. The van der Waals surface area contributed by atoms with Crippen molar-refractivity contribution in [1.29, 1.82) is 0 Å². The summed E-state index contributed by atoms with van der Waals surface area (Å²) in [6.45, 7) is 3.75. The van der Waals surface area contributed by atoms with Crippen LogP contribution in [-0.2, 0) is 26.1 Å². The van der Waals surface area contributed by atoms with E-state index in [1.165, 1.54) is 57.1 Å². The summed E-state index contributed by atoms with van der Waals surface area (Å²) >= 11 is 0. The Hall–Kier alpha value is -2.71. The molecule has 0 aromatic heterocycles. The van der Waals surface area contributed by atoms with Crippen LogP contribution in [0.3, 0.4) is 0 Å². The molecule has 1 saturated carbocycles. The molecule has 2 aliphatic heterocycles. The van der Waals surface area contributed by atoms with Crippen molar-refractivity contribution in [3.8, 4) is 5.75 Å². The predicted molar refractivity (Wildman–Crippen MR) is 147 cm³/mol. The summed E-state index contributed by atoms with van der Waals surface area (Å²) < 4.78 is 31.3. The molecule has 1 amide bonds. The molecule has 5 rings (SSSR count). The van der Waals surface area contributed by atoms with E-state index in [0.29, 0.717) is 11.7 Å². The number of hydrogen-bond donors (Lipinski definition) is 0. The number of piperidine rings is 1. The zero-order chi connectivity index (χ0) is 26.7. The Morgan fingerprint density at radius 2 is 1.45 bits per heavy atom. The third-order valence-corrected chi connectivity index (χ3v) is 9.55. The summed E-state index contributed by atoms with van der Waals surface area (Å²) in [5.74, 6) is -0.188. The van der Waals surface area contributed by atoms with E-state index in [1.807, 2.05) is 6.92 Å². The van der Waals surface area contributed by atoms with Crippen molar-refractivity contribution in [2.45, 2.75) is 94.5 Å². The van der Waals surface area contributed by atoms with Gasteiger partial charge in [-0.15, -0.1) is 0 Å². The zero-order valence-electron chi connectivity index (χ0n) is 22.2. The maximum Gasteiger partial charge on any atom is 0.339 e. The highest BCUT2D eigenvalue weighted by molar-refractivity contribution is 7.87. The minimum atomic E-state index is -4.03. The molecule has 8 heteroatoms. The molecule has 38 heavy (non-hydrogen) atoms. The second-order valence-corrected chi connectivity index (χ2v) is 12.6. The summed E-state index contributed by atoms with van der Waals surface area (Å²) in [6, 6.07) is 12.0. The number of fused-ring (bicyclic) bond motifs is 1. The molecule has 3 aliphatic rings. The Bertz CT molecular complexity index is 1260. The van der Waals surface area contributed by atoms with Crippen LogP contribution in [-0.4, -0.2) is 50.2 Å². The fourth-order valence-electron chi connectivity index (χ4n) is 6.22. The number of rotatable bonds is 5. The van der Waals surface area contributed by atoms with Crippen molar-refractivity contribution in [1.82, 2.24) is 4.90 Å². The van der Waals surface area contributed by atoms with Crippen molar-refractivity contribution >= 4 is 27.5 Å². The van der Waals surface area contributed by atoms with Gasteiger partial charge in [0.2, 0.25) is 5.91 Å². The predicted octanol–water partition coefficient (Wildman–Crippen LogP) is 5.19. The van der Waals surface area contributed by atoms with E-state index < -0.39 is 10.1 Å². The molecule has 1 aliphatic carbocycles. The molecule has 2 aromatic rings. The van der Waals surface area contributed by atoms with Gasteiger partial charge in [0.05, 0.1) is 12.1 Å². The topological polar surface area (TPSA) is 84.0 Å². The molecule has 2 fully saturated rings. The standard InChI is InChI=1S/C30H38N2O5S/c1-22-9-13-28(14-10-22)38(35,36)37-27-12-11-23-19-26(33)20-30(34)32(29(23)21-27)25-15-17-31(18-16-25)24-7-5-3-2-4-6-8-24/h9-14,21,24-25H,2-8,15-20H2,1H3. The van der Waals surface area contributed by atoms with Crippen LogP contribution in [0.15, 0.2) is 47.4 Å². The molecule has 2 heterocycles. The van der Waals surface area contributed by atoms with Crippen molar-refractivity contribution in [2.75, 3.05) is 18.0 Å². The Labute approximate surface area is 226 Å². The number of aryl methyl sites for hydroxylation is 1. The van der Waals surface area contributed by atoms with E-state index in [4.69, 9.17) is 4.18 Å². The van der Waals surface area contributed by atoms with Crippen molar-refractivity contribution in [3.05, 3.63) is 53.6 Å². The van der Waals surface area contributed by atoms with E-state index in [2.05, 4.69) is 4.90 Å². The van der Waals surface area contributed by atoms with Gasteiger partial charge in [-0.1, -0.05) is 55.9 Å². The molecule has 2 aromatic carbocycles. The maximum atomic E-state index is 13.3. The van der Waals surface area contributed by atoms with Gasteiger partial charge in [0.15, 0.2) is 0 Å². The van der Waals surface area contributed by atoms with E-state index in [0.717, 1.165) is 37.1 Å². The zero-order valence-corrected chi connectivity index (χ0v) is 23.0. The lowest BCUT2D eigenvalue weighted by molar-refractivity contribution is -0.126. The fourth-order valence-corrected chi connectivity index (χ4v) is 7.14. The van der Waals surface area contributed by atoms with Gasteiger partial charge in [0.25, 0.3) is 0 Å². The van der Waals surface area contributed by atoms with Gasteiger partial charge in [0.1, 0.15) is 16.4 Å². The van der Waals surface area contributed by atoms with Crippen LogP contribution in [0.2, 0.25) is 0 Å². The number of Topliss-reactive ketones (excluding diaryl/α,β-unsaturated/α-hetero) is 1. The summed E-state index contributed by atoms with van der Waals surface area (Å²) in [7, 11) is -4.03. The first-order valence-electron chi connectivity index (χ1n) is 14.0. The third-order valence-electron chi connectivity index (χ3n) is 8.29. The molecule has 0 N–H and O–H groups in total. The molecule has 1 saturated heterocycles. The molecule has 0 spiro atoms. The SMILES string of the molecule is Cc1ccc(S(=O)(=O)Oc2ccc3c(c2)N(C2CCN(C4CCCCCCC4)CC2)C(=O)CC(=O)C3)cc1. The monoisotopic (exact) mass is 538 g/mol. The smallest absolute Gasteiger partial charge is 0.339 e. The average molecular weight is 539 g/mol. The van der Waals surface area contributed by atoms with Crippen LogP contribution >= 0.6 is 0 Å². The van der Waals surface area contributed by atoms with Crippen LogP contribution in [0.4, 0.5) is 5.69 Å². The Balaban J connectivity index is 1.36. The summed E-state index contributed by atoms with van der Waals surface area (Å²) in [5, 5.41) is 0. The molecular weight excluding hydrogens is 500 g/mol. The molecule has 204 valence electrons. The highest BCUT2D eigenvalue weighted by Crippen LogP contribution is 2.35. The lowest BCUT2D eigenvalue weighted by Gasteiger charge is -2.42. The second kappa shape index (κ2) is 11.6. The first kappa shape index (κ1) is 26.9. The third kappa shape index (κ3) is 6.12. The number of nitrogens with zero attached hydrogens (tertiary/aromatic N) is 2. The van der Waals surface area contributed by atoms with Gasteiger partial charge < -0.3 is 14.0 Å². The van der Waals surface area contributed by atoms with Crippen LogP contribution in [0.25, 0.3) is 0 Å². The number of benzene rings is 2. The van der Waals surface area contributed by atoms with Crippen molar-refractivity contribution in [2.24, 2.45) is 0 Å². The number of anilines is 1. The van der Waals surface area contributed by atoms with Gasteiger partial charge in [-0.25, -0.2) is 0 Å². The normalized spacial score (nSPS) is 20.9. The Morgan fingerprint density at radius 3 is 2.13 bits per heavy atom. The molecular formula is C30H38N2O5S. The number of hydrogen-bond acceptors (Lipinski definition) is 6. The van der Waals surface area contributed by atoms with E-state index in [1.54, 1.807) is 35.2 Å². The van der Waals surface area contributed by atoms with Crippen LogP contribution in [0.5, 0.6) is 5.75 Å². The Morgan fingerprint density at radius 1 is 0.789 bits per heavy atom. The maximum absolute atomic E-state index is 13.3. The lowest BCUT2D eigenvalue weighted by Crippen LogP contribution is -2.50. The largest absolute Gasteiger partial charge is 0.379 e. The molecule has 0 unspecified atom stereocenters. The summed E-state index contributed by atoms with van der Waals surface area (Å²) in [6.07, 6.45) is 10.8. The lowest BCUT2D eigenvalue weighted by atomic mass is 9.93. The summed E-state index contributed by atoms with van der Waals surface area (Å²) in [4.78, 5) is 30.3. The fraction of sp³-hybridized carbons (Fsp3) is 0.533. The molecule has 7 nitrogen and oxygen atoms in total. The first-order chi connectivity index (χ1) is 18.3. The number of carbonyl (C=O) groups is 2. The van der Waals surface area contributed by atoms with Crippen LogP contribution < -0.4 is 9.08 Å². The highest BCUT2D eigenvalue weighted by Gasteiger charge is 2.35. The van der Waals surface area contributed by atoms with Gasteiger partial charge in [0, 0.05) is 37.7 Å². The molecule has 0 atom stereocenters. The number of likely N-dealkylation sites (tertiary alicyclic amines) is 1. The van der Waals surface area contributed by atoms with Crippen LogP contribution in [0, 0.1) is 6.92 Å². The average Bonchev–Trinajstić information content (AvgIpc) is 2.98. The number of ketones is 1. The Kier molecular flexibility index (Phi) is 8.19. The van der Waals surface area contributed by atoms with Crippen LogP contribution in [0.1, 0.15) is 75.3 Å². The minimum absolute atomic E-state index is 0.0269. The first-order valence-corrected chi connectivity index (χ1v) is 15.4. The minimum Gasteiger partial charge on any atom is -0.379 e. The van der Waals surface area contributed by atoms with Gasteiger partial charge in [-0.2, -0.15) is 8.42 Å². The number of amides is 1. The highest BCUT2D eigenvalue weighted by atomic mass is 32.2.